The standard InChI is InChI=1S/C12H15ClN2O3/c1-3-12(2,8-13)14-11(16)9-6-4-5-7-10(9)15(17)18/h4-7H,3,8H2,1-2H3,(H,14,16). The van der Waals surface area contributed by atoms with Gasteiger partial charge in [0.2, 0.25) is 0 Å². The maximum atomic E-state index is 12.0. The second kappa shape index (κ2) is 5.82. The number of hydrogen-bond acceptors (Lipinski definition) is 3. The molecule has 0 aliphatic carbocycles. The van der Waals surface area contributed by atoms with Crippen LogP contribution in [0, 0.1) is 10.1 Å². The fraction of sp³-hybridized carbons (Fsp3) is 0.417. The molecule has 0 aromatic heterocycles. The number of carbonyl (C=O) groups is 1. The van der Waals surface area contributed by atoms with Crippen molar-refractivity contribution in [3.63, 3.8) is 0 Å². The molecule has 1 atom stereocenters. The number of alkyl halides is 1. The SMILES string of the molecule is CCC(C)(CCl)NC(=O)c1ccccc1[N+](=O)[O-]. The number of nitrogens with zero attached hydrogens (tertiary/aromatic N) is 1. The van der Waals surface area contributed by atoms with Crippen LogP contribution < -0.4 is 5.32 Å². The molecule has 98 valence electrons. The predicted octanol–water partition coefficient (Wildman–Crippen LogP) is 2.73. The number of para-hydroxylation sites is 1. The molecule has 1 aromatic carbocycles. The zero-order chi connectivity index (χ0) is 13.8. The number of nitro benzene ring substituents is 1. The van der Waals surface area contributed by atoms with Crippen molar-refractivity contribution >= 4 is 23.2 Å². The Morgan fingerprint density at radius 3 is 2.61 bits per heavy atom. The number of benzene rings is 1. The van der Waals surface area contributed by atoms with Crippen LogP contribution in [0.25, 0.3) is 0 Å². The highest BCUT2D eigenvalue weighted by molar-refractivity contribution is 6.18. The van der Waals surface area contributed by atoms with E-state index in [1.54, 1.807) is 13.0 Å². The highest BCUT2D eigenvalue weighted by Crippen LogP contribution is 2.19. The summed E-state index contributed by atoms with van der Waals surface area (Å²) in [5.41, 5.74) is -0.724. The lowest BCUT2D eigenvalue weighted by molar-refractivity contribution is -0.385. The fourth-order valence-corrected chi connectivity index (χ4v) is 1.64. The predicted molar refractivity (Wildman–Crippen MR) is 70.0 cm³/mol. The molecule has 0 saturated carbocycles. The average molecular weight is 271 g/mol. The van der Waals surface area contributed by atoms with Crippen molar-refractivity contribution in [2.24, 2.45) is 0 Å². The Morgan fingerprint density at radius 2 is 2.11 bits per heavy atom. The van der Waals surface area contributed by atoms with Crippen molar-refractivity contribution in [3.05, 3.63) is 39.9 Å². The van der Waals surface area contributed by atoms with Gasteiger partial charge in [-0.1, -0.05) is 19.1 Å². The summed E-state index contributed by atoms with van der Waals surface area (Å²) in [6, 6.07) is 5.85. The number of hydrogen-bond donors (Lipinski definition) is 1. The largest absolute Gasteiger partial charge is 0.345 e. The molecule has 0 aliphatic heterocycles. The maximum Gasteiger partial charge on any atom is 0.282 e. The third-order valence-corrected chi connectivity index (χ3v) is 3.43. The molecule has 0 spiro atoms. The van der Waals surface area contributed by atoms with E-state index in [-0.39, 0.29) is 17.1 Å². The summed E-state index contributed by atoms with van der Waals surface area (Å²) < 4.78 is 0. The number of amides is 1. The van der Waals surface area contributed by atoms with Crippen molar-refractivity contribution in [1.29, 1.82) is 0 Å². The summed E-state index contributed by atoms with van der Waals surface area (Å²) in [4.78, 5) is 22.3. The molecule has 0 aliphatic rings. The van der Waals surface area contributed by atoms with Crippen LogP contribution in [0.15, 0.2) is 24.3 Å². The van der Waals surface area contributed by atoms with Crippen LogP contribution in [0.5, 0.6) is 0 Å². The lowest BCUT2D eigenvalue weighted by Crippen LogP contribution is -2.47. The number of carbonyl (C=O) groups excluding carboxylic acids is 1. The molecule has 1 rings (SSSR count). The zero-order valence-electron chi connectivity index (χ0n) is 10.3. The van der Waals surface area contributed by atoms with Crippen LogP contribution in [-0.2, 0) is 0 Å². The Kier molecular flexibility index (Phi) is 4.67. The lowest BCUT2D eigenvalue weighted by Gasteiger charge is -2.26. The number of halogens is 1. The van der Waals surface area contributed by atoms with Gasteiger partial charge in [-0.25, -0.2) is 0 Å². The van der Waals surface area contributed by atoms with Gasteiger partial charge < -0.3 is 5.32 Å². The summed E-state index contributed by atoms with van der Waals surface area (Å²) in [5.74, 6) is -0.233. The van der Waals surface area contributed by atoms with Gasteiger partial charge in [0.1, 0.15) is 5.56 Å². The monoisotopic (exact) mass is 270 g/mol. The van der Waals surface area contributed by atoms with Crippen LogP contribution in [0.3, 0.4) is 0 Å². The van der Waals surface area contributed by atoms with Crippen molar-refractivity contribution < 1.29 is 9.72 Å². The van der Waals surface area contributed by atoms with Gasteiger partial charge in [0.05, 0.1) is 10.5 Å². The first-order valence-electron chi connectivity index (χ1n) is 5.55. The average Bonchev–Trinajstić information content (AvgIpc) is 2.38. The van der Waals surface area contributed by atoms with Crippen LogP contribution in [-0.4, -0.2) is 22.2 Å². The molecule has 0 heterocycles. The first kappa shape index (κ1) is 14.4. The number of nitrogens with one attached hydrogen (secondary N) is 1. The first-order valence-corrected chi connectivity index (χ1v) is 6.09. The highest BCUT2D eigenvalue weighted by Gasteiger charge is 2.27. The molecule has 1 N–H and O–H groups in total. The summed E-state index contributed by atoms with van der Waals surface area (Å²) in [6.45, 7) is 3.69. The van der Waals surface area contributed by atoms with E-state index in [1.807, 2.05) is 6.92 Å². The van der Waals surface area contributed by atoms with E-state index >= 15 is 0 Å². The van der Waals surface area contributed by atoms with Crippen molar-refractivity contribution in [2.45, 2.75) is 25.8 Å². The van der Waals surface area contributed by atoms with E-state index in [0.29, 0.717) is 6.42 Å². The van der Waals surface area contributed by atoms with Gasteiger partial charge in [-0.15, -0.1) is 11.6 Å². The molecule has 18 heavy (non-hydrogen) atoms. The summed E-state index contributed by atoms with van der Waals surface area (Å²) in [6.07, 6.45) is 0.642. The summed E-state index contributed by atoms with van der Waals surface area (Å²) in [7, 11) is 0. The fourth-order valence-electron chi connectivity index (χ4n) is 1.38. The normalized spacial score (nSPS) is 13.7. The zero-order valence-corrected chi connectivity index (χ0v) is 11.0. The van der Waals surface area contributed by atoms with Crippen LogP contribution in [0.4, 0.5) is 5.69 Å². The number of nitro groups is 1. The van der Waals surface area contributed by atoms with Crippen LogP contribution >= 0.6 is 11.6 Å². The second-order valence-corrected chi connectivity index (χ2v) is 4.54. The van der Waals surface area contributed by atoms with E-state index in [0.717, 1.165) is 0 Å². The van der Waals surface area contributed by atoms with E-state index in [1.165, 1.54) is 18.2 Å². The Hall–Kier alpha value is -1.62. The molecule has 0 radical (unpaired) electrons. The topological polar surface area (TPSA) is 72.2 Å². The molecular formula is C12H15ClN2O3. The van der Waals surface area contributed by atoms with Gasteiger partial charge in [0.15, 0.2) is 0 Å². The molecule has 0 saturated heterocycles. The maximum absolute atomic E-state index is 12.0. The summed E-state index contributed by atoms with van der Waals surface area (Å²) >= 11 is 5.79. The quantitative estimate of drug-likeness (QED) is 0.508. The molecule has 6 heteroatoms. The molecule has 1 amide bonds. The van der Waals surface area contributed by atoms with Gasteiger partial charge in [-0.2, -0.15) is 0 Å². The Morgan fingerprint density at radius 1 is 1.50 bits per heavy atom. The molecular weight excluding hydrogens is 256 g/mol. The minimum Gasteiger partial charge on any atom is -0.345 e. The third kappa shape index (κ3) is 3.20. The van der Waals surface area contributed by atoms with Gasteiger partial charge >= 0.3 is 0 Å². The Balaban J connectivity index is 3.01. The van der Waals surface area contributed by atoms with E-state index < -0.39 is 16.4 Å². The van der Waals surface area contributed by atoms with Gasteiger partial charge in [-0.3, -0.25) is 14.9 Å². The van der Waals surface area contributed by atoms with Crippen molar-refractivity contribution in [3.8, 4) is 0 Å². The minimum absolute atomic E-state index is 0.0484. The van der Waals surface area contributed by atoms with E-state index in [4.69, 9.17) is 11.6 Å². The first-order chi connectivity index (χ1) is 8.43. The lowest BCUT2D eigenvalue weighted by atomic mass is 10.0. The summed E-state index contributed by atoms with van der Waals surface area (Å²) in [5, 5.41) is 13.6. The molecule has 0 bridgehead atoms. The van der Waals surface area contributed by atoms with Crippen molar-refractivity contribution in [2.75, 3.05) is 5.88 Å². The molecule has 1 unspecified atom stereocenters. The van der Waals surface area contributed by atoms with Crippen molar-refractivity contribution in [1.82, 2.24) is 5.32 Å². The minimum atomic E-state index is -0.571. The van der Waals surface area contributed by atoms with E-state index in [9.17, 15) is 14.9 Å². The molecule has 5 nitrogen and oxygen atoms in total. The highest BCUT2D eigenvalue weighted by atomic mass is 35.5. The Bertz CT molecular complexity index is 458. The number of rotatable bonds is 5. The van der Waals surface area contributed by atoms with E-state index in [2.05, 4.69) is 5.32 Å². The van der Waals surface area contributed by atoms with Gasteiger partial charge in [-0.05, 0) is 19.4 Å². The van der Waals surface area contributed by atoms with Crippen LogP contribution in [0.1, 0.15) is 30.6 Å². The molecule has 1 aromatic rings. The smallest absolute Gasteiger partial charge is 0.282 e. The molecule has 0 fully saturated rings. The third-order valence-electron chi connectivity index (χ3n) is 2.84. The second-order valence-electron chi connectivity index (χ2n) is 4.28. The van der Waals surface area contributed by atoms with Gasteiger partial charge in [0.25, 0.3) is 11.6 Å². The van der Waals surface area contributed by atoms with Crippen LogP contribution in [0.2, 0.25) is 0 Å². The Labute approximate surface area is 110 Å². The van der Waals surface area contributed by atoms with Gasteiger partial charge in [0, 0.05) is 11.9 Å².